The number of likely N-dealkylation sites (tertiary alicyclic amines) is 1. The number of unbranched alkanes of at least 4 members (excludes halogenated alkanes) is 1. The third-order valence-corrected chi connectivity index (χ3v) is 9.34. The van der Waals surface area contributed by atoms with Crippen molar-refractivity contribution in [2.75, 3.05) is 19.6 Å². The van der Waals surface area contributed by atoms with E-state index in [-0.39, 0.29) is 17.9 Å². The number of aromatic nitrogens is 2. The number of hydrogen-bond donors (Lipinski definition) is 1. The first-order chi connectivity index (χ1) is 18.4. The van der Waals surface area contributed by atoms with E-state index in [1.807, 2.05) is 27.8 Å². The molecule has 1 spiro atoms. The predicted octanol–water partition coefficient (Wildman–Crippen LogP) is 4.92. The Morgan fingerprint density at radius 1 is 1.03 bits per heavy atom. The maximum Gasteiger partial charge on any atom is 0.246 e. The lowest BCUT2D eigenvalue weighted by molar-refractivity contribution is -0.162. The Kier molecular flexibility index (Phi) is 8.22. The number of benzene rings is 1. The van der Waals surface area contributed by atoms with Gasteiger partial charge in [0.1, 0.15) is 11.6 Å². The van der Waals surface area contributed by atoms with Gasteiger partial charge in [0, 0.05) is 37.4 Å². The van der Waals surface area contributed by atoms with Crippen molar-refractivity contribution in [2.45, 2.75) is 103 Å². The van der Waals surface area contributed by atoms with Gasteiger partial charge in [0.25, 0.3) is 0 Å². The average molecular weight is 520 g/mol. The number of piperidine rings is 1. The van der Waals surface area contributed by atoms with Crippen LogP contribution in [0.15, 0.2) is 30.3 Å². The van der Waals surface area contributed by atoms with Crippen LogP contribution in [0.25, 0.3) is 5.69 Å². The van der Waals surface area contributed by atoms with Gasteiger partial charge >= 0.3 is 0 Å². The maximum absolute atomic E-state index is 13.8. The second kappa shape index (κ2) is 11.6. The molecule has 3 fully saturated rings. The Morgan fingerprint density at radius 2 is 1.74 bits per heavy atom. The molecule has 1 atom stereocenters. The lowest BCUT2D eigenvalue weighted by Gasteiger charge is -2.52. The summed E-state index contributed by atoms with van der Waals surface area (Å²) in [6, 6.07) is 9.91. The van der Waals surface area contributed by atoms with E-state index in [1.165, 1.54) is 37.7 Å². The van der Waals surface area contributed by atoms with Gasteiger partial charge in [0.15, 0.2) is 0 Å². The van der Waals surface area contributed by atoms with Gasteiger partial charge in [-0.3, -0.25) is 14.5 Å². The van der Waals surface area contributed by atoms with Crippen molar-refractivity contribution in [3.63, 3.8) is 0 Å². The molecule has 2 saturated heterocycles. The Bertz CT molecular complexity index is 1110. The number of piperazine rings is 1. The van der Waals surface area contributed by atoms with E-state index in [2.05, 4.69) is 43.1 Å². The normalized spacial score (nSPS) is 22.7. The van der Waals surface area contributed by atoms with Gasteiger partial charge in [-0.25, -0.2) is 4.68 Å². The largest absolute Gasteiger partial charge is 0.342 e. The molecule has 2 aliphatic heterocycles. The third kappa shape index (κ3) is 5.27. The van der Waals surface area contributed by atoms with Crippen molar-refractivity contribution in [1.82, 2.24) is 24.9 Å². The Hall–Kier alpha value is -2.67. The number of carbonyl (C=O) groups is 2. The van der Waals surface area contributed by atoms with Crippen molar-refractivity contribution in [3.8, 4) is 5.69 Å². The molecule has 1 saturated carbocycles. The number of rotatable bonds is 8. The van der Waals surface area contributed by atoms with Gasteiger partial charge < -0.3 is 10.2 Å². The summed E-state index contributed by atoms with van der Waals surface area (Å²) >= 11 is 0. The fourth-order valence-corrected chi connectivity index (χ4v) is 6.96. The second-order valence-electron chi connectivity index (χ2n) is 11.8. The molecule has 0 radical (unpaired) electrons. The van der Waals surface area contributed by atoms with Crippen LogP contribution in [-0.4, -0.2) is 62.6 Å². The van der Waals surface area contributed by atoms with Crippen molar-refractivity contribution in [3.05, 3.63) is 47.3 Å². The van der Waals surface area contributed by atoms with E-state index in [0.29, 0.717) is 25.3 Å². The third-order valence-electron chi connectivity index (χ3n) is 9.34. The molecule has 2 aromatic rings. The first-order valence-electron chi connectivity index (χ1n) is 14.9. The molecule has 1 aromatic carbocycles. The van der Waals surface area contributed by atoms with E-state index in [1.54, 1.807) is 0 Å². The number of para-hydroxylation sites is 1. The topological polar surface area (TPSA) is 70.5 Å². The Labute approximate surface area is 227 Å². The van der Waals surface area contributed by atoms with Crippen LogP contribution in [0.2, 0.25) is 0 Å². The highest BCUT2D eigenvalue weighted by molar-refractivity contribution is 6.00. The molecule has 38 heavy (non-hydrogen) atoms. The molecule has 206 valence electrons. The summed E-state index contributed by atoms with van der Waals surface area (Å²) in [5.41, 5.74) is 3.83. The Balaban J connectivity index is 1.28. The van der Waals surface area contributed by atoms with Crippen molar-refractivity contribution >= 4 is 11.8 Å². The molecule has 1 N–H and O–H groups in total. The fourth-order valence-electron chi connectivity index (χ4n) is 6.96. The zero-order valence-corrected chi connectivity index (χ0v) is 23.5. The van der Waals surface area contributed by atoms with E-state index < -0.39 is 5.54 Å². The van der Waals surface area contributed by atoms with E-state index >= 15 is 0 Å². The maximum atomic E-state index is 13.8. The molecule has 0 unspecified atom stereocenters. The average Bonchev–Trinajstić information content (AvgIpc) is 3.22. The number of nitrogens with zero attached hydrogens (tertiary/aromatic N) is 4. The minimum atomic E-state index is -0.704. The van der Waals surface area contributed by atoms with E-state index in [4.69, 9.17) is 5.10 Å². The van der Waals surface area contributed by atoms with Crippen molar-refractivity contribution in [1.29, 1.82) is 0 Å². The standard InChI is InChI=1S/C31H45N5O2/c1-4-5-18-35-29(37)28(21-25-12-8-6-9-13-25)32-30(38)31(35)16-19-34(20-17-31)22-27-23(2)33-36(24(27)3)26-14-10-7-11-15-26/h7,10-11,14-15,25,28H,4-6,8-9,12-13,16-22H2,1-3H3,(H,32,38)/t28-/m1/s1. The highest BCUT2D eigenvalue weighted by Gasteiger charge is 2.53. The van der Waals surface area contributed by atoms with E-state index in [0.717, 1.165) is 56.0 Å². The lowest BCUT2D eigenvalue weighted by atomic mass is 9.79. The zero-order chi connectivity index (χ0) is 26.7. The fraction of sp³-hybridized carbons (Fsp3) is 0.645. The number of amides is 2. The second-order valence-corrected chi connectivity index (χ2v) is 11.8. The summed E-state index contributed by atoms with van der Waals surface area (Å²) in [6.07, 6.45) is 10.3. The molecular formula is C31H45N5O2. The van der Waals surface area contributed by atoms with Crippen LogP contribution in [0.5, 0.6) is 0 Å². The first kappa shape index (κ1) is 26.9. The highest BCUT2D eigenvalue weighted by Crippen LogP contribution is 2.36. The van der Waals surface area contributed by atoms with Crippen LogP contribution >= 0.6 is 0 Å². The van der Waals surface area contributed by atoms with Crippen molar-refractivity contribution in [2.24, 2.45) is 5.92 Å². The van der Waals surface area contributed by atoms with Gasteiger partial charge in [-0.05, 0) is 57.6 Å². The van der Waals surface area contributed by atoms with Gasteiger partial charge in [0.2, 0.25) is 11.8 Å². The van der Waals surface area contributed by atoms with Crippen LogP contribution in [0.4, 0.5) is 0 Å². The Morgan fingerprint density at radius 3 is 2.42 bits per heavy atom. The summed E-state index contributed by atoms with van der Waals surface area (Å²) < 4.78 is 2.03. The van der Waals surface area contributed by atoms with Crippen molar-refractivity contribution < 1.29 is 9.59 Å². The van der Waals surface area contributed by atoms with Crippen LogP contribution in [-0.2, 0) is 16.1 Å². The first-order valence-corrected chi connectivity index (χ1v) is 14.9. The number of aryl methyl sites for hydroxylation is 1. The molecule has 1 aliphatic carbocycles. The molecule has 1 aromatic heterocycles. The monoisotopic (exact) mass is 519 g/mol. The van der Waals surface area contributed by atoms with Gasteiger partial charge in [-0.15, -0.1) is 0 Å². The van der Waals surface area contributed by atoms with Gasteiger partial charge in [0.05, 0.1) is 11.4 Å². The summed E-state index contributed by atoms with van der Waals surface area (Å²) in [5, 5.41) is 8.05. The highest BCUT2D eigenvalue weighted by atomic mass is 16.2. The molecule has 7 nitrogen and oxygen atoms in total. The number of carbonyl (C=O) groups excluding carboxylic acids is 2. The summed E-state index contributed by atoms with van der Waals surface area (Å²) in [5.74, 6) is 0.802. The SMILES string of the molecule is CCCCN1C(=O)[C@@H](CC2CCCCC2)NC(=O)C12CCN(Cc1c(C)nn(-c3ccccc3)c1C)CC2. The van der Waals surface area contributed by atoms with Gasteiger partial charge in [-0.2, -0.15) is 5.10 Å². The molecule has 2 amide bonds. The minimum absolute atomic E-state index is 0.0814. The molecule has 7 heteroatoms. The minimum Gasteiger partial charge on any atom is -0.342 e. The summed E-state index contributed by atoms with van der Waals surface area (Å²) in [4.78, 5) is 32.0. The van der Waals surface area contributed by atoms with Crippen LogP contribution < -0.4 is 5.32 Å². The van der Waals surface area contributed by atoms with Crippen LogP contribution in [0.1, 0.15) is 88.1 Å². The number of nitrogens with one attached hydrogen (secondary N) is 1. The molecule has 0 bridgehead atoms. The number of hydrogen-bond acceptors (Lipinski definition) is 4. The van der Waals surface area contributed by atoms with Gasteiger partial charge in [-0.1, -0.05) is 63.6 Å². The summed E-state index contributed by atoms with van der Waals surface area (Å²) in [6.45, 7) is 9.47. The zero-order valence-electron chi connectivity index (χ0n) is 23.5. The molecule has 3 heterocycles. The van der Waals surface area contributed by atoms with Crippen LogP contribution in [0, 0.1) is 19.8 Å². The summed E-state index contributed by atoms with van der Waals surface area (Å²) in [7, 11) is 0. The lowest BCUT2D eigenvalue weighted by Crippen LogP contribution is -2.73. The predicted molar refractivity (Wildman–Crippen MR) is 150 cm³/mol. The quantitative estimate of drug-likeness (QED) is 0.537. The smallest absolute Gasteiger partial charge is 0.246 e. The molecule has 5 rings (SSSR count). The molecular weight excluding hydrogens is 474 g/mol. The van der Waals surface area contributed by atoms with E-state index in [9.17, 15) is 9.59 Å². The van der Waals surface area contributed by atoms with Crippen LogP contribution in [0.3, 0.4) is 0 Å². The molecule has 3 aliphatic rings.